The zero-order valence-corrected chi connectivity index (χ0v) is 12.3. The number of phenols is 1. The van der Waals surface area contributed by atoms with E-state index in [4.69, 9.17) is 12.2 Å². The lowest BCUT2D eigenvalue weighted by Gasteiger charge is -2.09. The van der Waals surface area contributed by atoms with Crippen LogP contribution < -0.4 is 0 Å². The second-order valence-electron chi connectivity index (χ2n) is 4.82. The predicted octanol–water partition coefficient (Wildman–Crippen LogP) is 4.28. The number of rotatable bonds is 2. The van der Waals surface area contributed by atoms with Gasteiger partial charge in [0.2, 0.25) is 4.77 Å². The molecule has 104 valence electrons. The molecule has 0 fully saturated rings. The summed E-state index contributed by atoms with van der Waals surface area (Å²) in [6, 6.07) is 17.1. The average molecular weight is 294 g/mol. The molecular formula is C17H14N2OS. The number of phenolic OH excluding ortho intramolecular Hbond substituents is 1. The summed E-state index contributed by atoms with van der Waals surface area (Å²) in [6.45, 7) is 2.05. The van der Waals surface area contributed by atoms with Gasteiger partial charge < -0.3 is 5.11 Å². The molecule has 0 aliphatic rings. The van der Waals surface area contributed by atoms with Crippen LogP contribution in [0.4, 0.5) is 0 Å². The van der Waals surface area contributed by atoms with Gasteiger partial charge in [-0.15, -0.1) is 0 Å². The fourth-order valence-electron chi connectivity index (χ4n) is 2.14. The Morgan fingerprint density at radius 1 is 1.00 bits per heavy atom. The van der Waals surface area contributed by atoms with Gasteiger partial charge in [0.05, 0.1) is 11.4 Å². The third-order valence-electron chi connectivity index (χ3n) is 3.29. The number of benzene rings is 2. The summed E-state index contributed by atoms with van der Waals surface area (Å²) in [5, 5.41) is 9.91. The Morgan fingerprint density at radius 3 is 2.38 bits per heavy atom. The Morgan fingerprint density at radius 2 is 1.71 bits per heavy atom. The molecule has 3 rings (SSSR count). The molecule has 0 atom stereocenters. The largest absolute Gasteiger partial charge is 0.506 e. The zero-order chi connectivity index (χ0) is 14.8. The van der Waals surface area contributed by atoms with Gasteiger partial charge in [-0.2, -0.15) is 0 Å². The van der Waals surface area contributed by atoms with E-state index in [1.54, 1.807) is 22.8 Å². The molecule has 0 bridgehead atoms. The molecule has 4 heteroatoms. The molecule has 0 amide bonds. The van der Waals surface area contributed by atoms with Crippen molar-refractivity contribution < 1.29 is 5.11 Å². The van der Waals surface area contributed by atoms with Crippen LogP contribution in [0.15, 0.2) is 60.8 Å². The number of aromatic hydroxyl groups is 1. The zero-order valence-electron chi connectivity index (χ0n) is 11.5. The maximum absolute atomic E-state index is 9.91. The van der Waals surface area contributed by atoms with Crippen LogP contribution >= 0.6 is 12.2 Å². The van der Waals surface area contributed by atoms with Crippen LogP contribution in [0, 0.1) is 11.7 Å². The fourth-order valence-corrected chi connectivity index (χ4v) is 2.40. The number of hydrogen-bond acceptors (Lipinski definition) is 3. The first-order valence-corrected chi connectivity index (χ1v) is 7.01. The SMILES string of the molecule is Cc1ccc(-c2ccn(-c3ccccc3O)c(=S)n2)cc1. The lowest BCUT2D eigenvalue weighted by molar-refractivity contribution is 0.472. The lowest BCUT2D eigenvalue weighted by Crippen LogP contribution is -2.00. The predicted molar refractivity (Wildman–Crippen MR) is 86.2 cm³/mol. The number of para-hydroxylation sites is 2. The average Bonchev–Trinajstić information content (AvgIpc) is 2.49. The van der Waals surface area contributed by atoms with Crippen LogP contribution in [0.3, 0.4) is 0 Å². The Labute approximate surface area is 128 Å². The molecule has 3 nitrogen and oxygen atoms in total. The van der Waals surface area contributed by atoms with Crippen LogP contribution in [0.5, 0.6) is 5.75 Å². The van der Waals surface area contributed by atoms with Crippen molar-refractivity contribution in [3.8, 4) is 22.7 Å². The minimum Gasteiger partial charge on any atom is -0.506 e. The van der Waals surface area contributed by atoms with Gasteiger partial charge in [-0.25, -0.2) is 4.98 Å². The summed E-state index contributed by atoms with van der Waals surface area (Å²) in [7, 11) is 0. The smallest absolute Gasteiger partial charge is 0.204 e. The minimum atomic E-state index is 0.179. The van der Waals surface area contributed by atoms with Gasteiger partial charge in [-0.3, -0.25) is 4.57 Å². The minimum absolute atomic E-state index is 0.179. The quantitative estimate of drug-likeness (QED) is 0.717. The molecule has 1 N–H and O–H groups in total. The molecule has 0 radical (unpaired) electrons. The second-order valence-corrected chi connectivity index (χ2v) is 5.19. The van der Waals surface area contributed by atoms with Gasteiger partial charge >= 0.3 is 0 Å². The molecule has 0 spiro atoms. The number of hydrogen-bond donors (Lipinski definition) is 1. The van der Waals surface area contributed by atoms with E-state index >= 15 is 0 Å². The highest BCUT2D eigenvalue weighted by molar-refractivity contribution is 7.71. The van der Waals surface area contributed by atoms with Crippen molar-refractivity contribution in [1.29, 1.82) is 0 Å². The third kappa shape index (κ3) is 2.71. The first kappa shape index (κ1) is 13.5. The van der Waals surface area contributed by atoms with Crippen molar-refractivity contribution in [2.24, 2.45) is 0 Å². The van der Waals surface area contributed by atoms with Crippen LogP contribution in [-0.4, -0.2) is 14.7 Å². The van der Waals surface area contributed by atoms with E-state index in [-0.39, 0.29) is 5.75 Å². The van der Waals surface area contributed by atoms with Gasteiger partial charge in [0.25, 0.3) is 0 Å². The Balaban J connectivity index is 2.07. The van der Waals surface area contributed by atoms with Crippen molar-refractivity contribution in [2.45, 2.75) is 6.92 Å². The van der Waals surface area contributed by atoms with Gasteiger partial charge in [0.1, 0.15) is 5.75 Å². The monoisotopic (exact) mass is 294 g/mol. The molecule has 0 unspecified atom stereocenters. The standard InChI is InChI=1S/C17H14N2OS/c1-12-6-8-13(9-7-12)14-10-11-19(17(21)18-14)15-4-2-3-5-16(15)20/h2-11,20H,1H3. The summed E-state index contributed by atoms with van der Waals surface area (Å²) in [5.74, 6) is 0.179. The van der Waals surface area contributed by atoms with E-state index in [1.165, 1.54) is 5.56 Å². The topological polar surface area (TPSA) is 38.0 Å². The highest BCUT2D eigenvalue weighted by Gasteiger charge is 2.05. The molecule has 1 heterocycles. The molecule has 1 aromatic heterocycles. The van der Waals surface area contributed by atoms with E-state index in [9.17, 15) is 5.11 Å². The van der Waals surface area contributed by atoms with E-state index in [0.29, 0.717) is 10.5 Å². The first-order valence-electron chi connectivity index (χ1n) is 6.60. The summed E-state index contributed by atoms with van der Waals surface area (Å²) in [6.07, 6.45) is 1.83. The van der Waals surface area contributed by atoms with Crippen molar-refractivity contribution in [3.05, 3.63) is 71.1 Å². The molecular weight excluding hydrogens is 280 g/mol. The Hall–Kier alpha value is -2.46. The molecule has 0 aliphatic carbocycles. The summed E-state index contributed by atoms with van der Waals surface area (Å²) < 4.78 is 2.11. The highest BCUT2D eigenvalue weighted by atomic mass is 32.1. The summed E-state index contributed by atoms with van der Waals surface area (Å²) in [5.41, 5.74) is 3.69. The lowest BCUT2D eigenvalue weighted by atomic mass is 10.1. The summed E-state index contributed by atoms with van der Waals surface area (Å²) in [4.78, 5) is 4.46. The molecule has 0 aliphatic heterocycles. The number of aryl methyl sites for hydroxylation is 1. The van der Waals surface area contributed by atoms with E-state index in [2.05, 4.69) is 4.98 Å². The second kappa shape index (κ2) is 5.50. The first-order chi connectivity index (χ1) is 10.1. The van der Waals surface area contributed by atoms with Gasteiger partial charge in [0, 0.05) is 11.8 Å². The maximum Gasteiger partial charge on any atom is 0.204 e. The third-order valence-corrected chi connectivity index (χ3v) is 3.58. The molecule has 0 saturated heterocycles. The van der Waals surface area contributed by atoms with E-state index in [1.807, 2.05) is 49.5 Å². The van der Waals surface area contributed by atoms with E-state index in [0.717, 1.165) is 11.3 Å². The Kier molecular flexibility index (Phi) is 3.54. The van der Waals surface area contributed by atoms with Crippen molar-refractivity contribution in [1.82, 2.24) is 9.55 Å². The number of aromatic nitrogens is 2. The van der Waals surface area contributed by atoms with Crippen LogP contribution in [0.1, 0.15) is 5.56 Å². The molecule has 3 aromatic rings. The maximum atomic E-state index is 9.91. The van der Waals surface area contributed by atoms with Gasteiger partial charge in [-0.05, 0) is 37.3 Å². The normalized spacial score (nSPS) is 10.5. The summed E-state index contributed by atoms with van der Waals surface area (Å²) >= 11 is 5.35. The molecule has 21 heavy (non-hydrogen) atoms. The van der Waals surface area contributed by atoms with Crippen molar-refractivity contribution >= 4 is 12.2 Å². The van der Waals surface area contributed by atoms with Crippen LogP contribution in [0.25, 0.3) is 16.9 Å². The Bertz CT molecular complexity index is 838. The van der Waals surface area contributed by atoms with Crippen molar-refractivity contribution in [3.63, 3.8) is 0 Å². The van der Waals surface area contributed by atoms with E-state index < -0.39 is 0 Å². The molecule has 0 saturated carbocycles. The fraction of sp³-hybridized carbons (Fsp3) is 0.0588. The van der Waals surface area contributed by atoms with Gasteiger partial charge in [0.15, 0.2) is 0 Å². The number of nitrogens with zero attached hydrogens (tertiary/aromatic N) is 2. The van der Waals surface area contributed by atoms with Crippen molar-refractivity contribution in [2.75, 3.05) is 0 Å². The van der Waals surface area contributed by atoms with Crippen LogP contribution in [-0.2, 0) is 0 Å². The van der Waals surface area contributed by atoms with Crippen LogP contribution in [0.2, 0.25) is 0 Å². The molecule has 2 aromatic carbocycles. The van der Waals surface area contributed by atoms with Gasteiger partial charge in [-0.1, -0.05) is 42.0 Å². The highest BCUT2D eigenvalue weighted by Crippen LogP contribution is 2.23.